The molecule has 1 fully saturated rings. The molecule has 0 saturated carbocycles. The van der Waals surface area contributed by atoms with Crippen LogP contribution >= 0.6 is 0 Å². The van der Waals surface area contributed by atoms with Crippen LogP contribution in [0.1, 0.15) is 6.92 Å². The van der Waals surface area contributed by atoms with Crippen molar-refractivity contribution in [1.29, 1.82) is 0 Å². The van der Waals surface area contributed by atoms with E-state index in [1.54, 1.807) is 12.1 Å². The zero-order valence-electron chi connectivity index (χ0n) is 9.72. The van der Waals surface area contributed by atoms with Gasteiger partial charge < -0.3 is 16.0 Å². The summed E-state index contributed by atoms with van der Waals surface area (Å²) in [4.78, 5) is 12.4. The van der Waals surface area contributed by atoms with E-state index < -0.39 is 4.92 Å². The Balaban J connectivity index is 2.22. The summed E-state index contributed by atoms with van der Waals surface area (Å²) in [6.07, 6.45) is 0. The topological polar surface area (TPSA) is 84.4 Å². The van der Waals surface area contributed by atoms with Gasteiger partial charge in [0.2, 0.25) is 0 Å². The highest BCUT2D eigenvalue weighted by atomic mass is 16.6. The number of nitrogen functional groups attached to an aromatic ring is 1. The molecule has 3 N–H and O–H groups in total. The molecule has 0 bridgehead atoms. The van der Waals surface area contributed by atoms with Gasteiger partial charge in [0.1, 0.15) is 5.69 Å². The zero-order chi connectivity index (χ0) is 12.4. The van der Waals surface area contributed by atoms with Crippen LogP contribution in [0.15, 0.2) is 18.2 Å². The molecule has 2 rings (SSSR count). The summed E-state index contributed by atoms with van der Waals surface area (Å²) >= 11 is 0. The Morgan fingerprint density at radius 2 is 2.35 bits per heavy atom. The molecule has 0 aromatic heterocycles. The number of anilines is 2. The van der Waals surface area contributed by atoms with Gasteiger partial charge in [0, 0.05) is 37.4 Å². The van der Waals surface area contributed by atoms with Gasteiger partial charge in [0.05, 0.1) is 4.92 Å². The Hall–Kier alpha value is -1.82. The smallest absolute Gasteiger partial charge is 0.292 e. The van der Waals surface area contributed by atoms with Gasteiger partial charge in [-0.1, -0.05) is 0 Å². The number of nitrogens with zero attached hydrogens (tertiary/aromatic N) is 2. The van der Waals surface area contributed by atoms with Crippen LogP contribution in [0, 0.1) is 10.1 Å². The zero-order valence-corrected chi connectivity index (χ0v) is 9.72. The highest BCUT2D eigenvalue weighted by Gasteiger charge is 2.18. The molecule has 0 radical (unpaired) electrons. The quantitative estimate of drug-likeness (QED) is 0.454. The lowest BCUT2D eigenvalue weighted by molar-refractivity contribution is -0.383. The third-order valence-corrected chi connectivity index (χ3v) is 2.94. The molecule has 6 nitrogen and oxygen atoms in total. The van der Waals surface area contributed by atoms with Crippen molar-refractivity contribution in [2.24, 2.45) is 0 Å². The van der Waals surface area contributed by atoms with Crippen molar-refractivity contribution in [2.75, 3.05) is 30.3 Å². The Morgan fingerprint density at radius 3 is 2.94 bits per heavy atom. The number of nitro groups is 1. The van der Waals surface area contributed by atoms with Crippen LogP contribution in [-0.2, 0) is 0 Å². The van der Waals surface area contributed by atoms with E-state index in [1.807, 2.05) is 0 Å². The second kappa shape index (κ2) is 4.58. The van der Waals surface area contributed by atoms with Gasteiger partial charge in [-0.05, 0) is 19.1 Å². The van der Waals surface area contributed by atoms with E-state index in [0.717, 1.165) is 25.3 Å². The minimum absolute atomic E-state index is 0.0306. The Labute approximate surface area is 99.6 Å². The van der Waals surface area contributed by atoms with E-state index in [4.69, 9.17) is 5.73 Å². The molecule has 0 spiro atoms. The first kappa shape index (κ1) is 11.7. The van der Waals surface area contributed by atoms with Crippen molar-refractivity contribution in [2.45, 2.75) is 13.0 Å². The summed E-state index contributed by atoms with van der Waals surface area (Å²) in [5.41, 5.74) is 6.82. The minimum Gasteiger partial charge on any atom is -0.393 e. The molecule has 1 saturated heterocycles. The van der Waals surface area contributed by atoms with Gasteiger partial charge in [-0.3, -0.25) is 10.1 Å². The predicted molar refractivity (Wildman–Crippen MR) is 67.2 cm³/mol. The van der Waals surface area contributed by atoms with Crippen LogP contribution in [0.25, 0.3) is 0 Å². The molecular formula is C11H16N4O2. The summed E-state index contributed by atoms with van der Waals surface area (Å²) in [5, 5.41) is 14.0. The number of nitrogens with two attached hydrogens (primary N) is 1. The number of piperazine rings is 1. The molecule has 1 aliphatic rings. The fourth-order valence-electron chi connectivity index (χ4n) is 2.07. The second-order valence-corrected chi connectivity index (χ2v) is 4.30. The highest BCUT2D eigenvalue weighted by molar-refractivity contribution is 5.66. The van der Waals surface area contributed by atoms with Gasteiger partial charge in [0.25, 0.3) is 5.69 Å². The second-order valence-electron chi connectivity index (χ2n) is 4.30. The van der Waals surface area contributed by atoms with E-state index >= 15 is 0 Å². The van der Waals surface area contributed by atoms with E-state index in [2.05, 4.69) is 17.1 Å². The maximum atomic E-state index is 10.7. The van der Waals surface area contributed by atoms with Crippen LogP contribution in [0.2, 0.25) is 0 Å². The van der Waals surface area contributed by atoms with Crippen molar-refractivity contribution in [1.82, 2.24) is 5.32 Å². The number of rotatable bonds is 2. The van der Waals surface area contributed by atoms with Gasteiger partial charge in [-0.15, -0.1) is 0 Å². The van der Waals surface area contributed by atoms with E-state index in [0.29, 0.717) is 6.04 Å². The Bertz CT molecular complexity index is 435. The number of nitrogens with one attached hydrogen (secondary N) is 1. The molecule has 1 atom stereocenters. The number of hydrogen-bond donors (Lipinski definition) is 2. The van der Waals surface area contributed by atoms with Gasteiger partial charge in [-0.2, -0.15) is 0 Å². The molecule has 0 amide bonds. The first-order valence-electron chi connectivity index (χ1n) is 5.60. The van der Waals surface area contributed by atoms with E-state index in [-0.39, 0.29) is 11.4 Å². The van der Waals surface area contributed by atoms with Crippen molar-refractivity contribution in [3.05, 3.63) is 28.3 Å². The monoisotopic (exact) mass is 236 g/mol. The fourth-order valence-corrected chi connectivity index (χ4v) is 2.07. The van der Waals surface area contributed by atoms with Crippen LogP contribution < -0.4 is 16.0 Å². The fraction of sp³-hybridized carbons (Fsp3) is 0.455. The van der Waals surface area contributed by atoms with Crippen LogP contribution in [-0.4, -0.2) is 30.6 Å². The van der Waals surface area contributed by atoms with Crippen molar-refractivity contribution < 1.29 is 4.92 Å². The average Bonchev–Trinajstić information content (AvgIpc) is 2.28. The summed E-state index contributed by atoms with van der Waals surface area (Å²) in [7, 11) is 0. The largest absolute Gasteiger partial charge is 0.393 e. The summed E-state index contributed by atoms with van der Waals surface area (Å²) < 4.78 is 0. The lowest BCUT2D eigenvalue weighted by Crippen LogP contribution is -2.49. The van der Waals surface area contributed by atoms with Crippen molar-refractivity contribution in [3.8, 4) is 0 Å². The molecule has 1 aliphatic heterocycles. The number of nitro benzene ring substituents is 1. The minimum atomic E-state index is -0.459. The standard InChI is InChI=1S/C11H16N4O2/c1-8-7-14(5-4-13-8)9-2-3-11(15(16)17)10(12)6-9/h2-3,6,8,13H,4-5,7,12H2,1H3. The number of benzene rings is 1. The SMILES string of the molecule is CC1CN(c2ccc([N+](=O)[O-])c(N)c2)CCN1. The lowest BCUT2D eigenvalue weighted by Gasteiger charge is -2.33. The van der Waals surface area contributed by atoms with Crippen LogP contribution in [0.5, 0.6) is 0 Å². The first-order chi connectivity index (χ1) is 8.08. The maximum Gasteiger partial charge on any atom is 0.292 e. The van der Waals surface area contributed by atoms with Crippen molar-refractivity contribution >= 4 is 17.1 Å². The molecule has 17 heavy (non-hydrogen) atoms. The third-order valence-electron chi connectivity index (χ3n) is 2.94. The Morgan fingerprint density at radius 1 is 1.59 bits per heavy atom. The molecule has 92 valence electrons. The van der Waals surface area contributed by atoms with Gasteiger partial charge in [0.15, 0.2) is 0 Å². The predicted octanol–water partition coefficient (Wildman–Crippen LogP) is 0.975. The van der Waals surface area contributed by atoms with Crippen LogP contribution in [0.3, 0.4) is 0 Å². The Kier molecular flexibility index (Phi) is 3.14. The molecule has 1 heterocycles. The molecule has 1 unspecified atom stereocenters. The van der Waals surface area contributed by atoms with Gasteiger partial charge >= 0.3 is 0 Å². The molecular weight excluding hydrogens is 220 g/mol. The van der Waals surface area contributed by atoms with Gasteiger partial charge in [-0.25, -0.2) is 0 Å². The first-order valence-corrected chi connectivity index (χ1v) is 5.60. The highest BCUT2D eigenvalue weighted by Crippen LogP contribution is 2.27. The maximum absolute atomic E-state index is 10.7. The summed E-state index contributed by atoms with van der Waals surface area (Å²) in [6, 6.07) is 5.32. The number of hydrogen-bond acceptors (Lipinski definition) is 5. The van der Waals surface area contributed by atoms with Crippen LogP contribution in [0.4, 0.5) is 17.1 Å². The summed E-state index contributed by atoms with van der Waals surface area (Å²) in [6.45, 7) is 4.80. The molecule has 6 heteroatoms. The average molecular weight is 236 g/mol. The normalized spacial score (nSPS) is 20.3. The van der Waals surface area contributed by atoms with E-state index in [1.165, 1.54) is 6.07 Å². The third kappa shape index (κ3) is 2.47. The van der Waals surface area contributed by atoms with Crippen molar-refractivity contribution in [3.63, 3.8) is 0 Å². The molecule has 1 aromatic rings. The molecule has 1 aromatic carbocycles. The van der Waals surface area contributed by atoms with E-state index in [9.17, 15) is 10.1 Å². The molecule has 0 aliphatic carbocycles. The summed E-state index contributed by atoms with van der Waals surface area (Å²) in [5.74, 6) is 0. The lowest BCUT2D eigenvalue weighted by atomic mass is 10.2.